The summed E-state index contributed by atoms with van der Waals surface area (Å²) in [6.45, 7) is 2.69. The number of aliphatic carboxylic acids is 1. The predicted molar refractivity (Wildman–Crippen MR) is 96.9 cm³/mol. The average molecular weight is 336 g/mol. The number of nitrogens with two attached hydrogens (primary N) is 1. The van der Waals surface area contributed by atoms with E-state index in [0.717, 1.165) is 11.3 Å². The molecule has 0 aliphatic heterocycles. The van der Waals surface area contributed by atoms with Gasteiger partial charge in [0.05, 0.1) is 6.54 Å². The molecule has 1 aromatic carbocycles. The Morgan fingerprint density at radius 2 is 1.92 bits per heavy atom. The van der Waals surface area contributed by atoms with Crippen molar-refractivity contribution in [2.24, 2.45) is 5.73 Å². The number of benzene rings is 1. The van der Waals surface area contributed by atoms with Gasteiger partial charge in [-0.15, -0.1) is 6.42 Å². The van der Waals surface area contributed by atoms with Gasteiger partial charge in [-0.1, -0.05) is 36.3 Å². The summed E-state index contributed by atoms with van der Waals surface area (Å²) in [7, 11) is 3.50. The van der Waals surface area contributed by atoms with Crippen LogP contribution in [0.25, 0.3) is 0 Å². The van der Waals surface area contributed by atoms with Crippen molar-refractivity contribution in [1.82, 2.24) is 9.80 Å². The van der Waals surface area contributed by atoms with Crippen LogP contribution in [0.15, 0.2) is 30.3 Å². The predicted octanol–water partition coefficient (Wildman–Crippen LogP) is 0.254. The third kappa shape index (κ3) is 11.1. The minimum atomic E-state index is -0.993. The number of terminal acetylenes is 1. The summed E-state index contributed by atoms with van der Waals surface area (Å²) in [4.78, 5) is 13.2. The summed E-state index contributed by atoms with van der Waals surface area (Å²) in [6, 6.07) is 11.0. The summed E-state index contributed by atoms with van der Waals surface area (Å²) >= 11 is 0. The third-order valence-corrected chi connectivity index (χ3v) is 3.25. The maximum atomic E-state index is 9.92. The molecule has 0 fully saturated rings. The zero-order chi connectivity index (χ0) is 17.8. The molecule has 0 heterocycles. The molecule has 7 nitrogen and oxygen atoms in total. The average Bonchev–Trinajstić information content (AvgIpc) is 2.48. The van der Waals surface area contributed by atoms with Gasteiger partial charge in [0, 0.05) is 13.1 Å². The number of likely N-dealkylation sites (N-methyl/N-ethyl adjacent to an activating group) is 2. The van der Waals surface area contributed by atoms with Gasteiger partial charge in [0.15, 0.2) is 5.96 Å². The summed E-state index contributed by atoms with van der Waals surface area (Å²) in [5.41, 5.74) is 6.29. The molecule has 0 spiro atoms. The van der Waals surface area contributed by atoms with Gasteiger partial charge in [0.2, 0.25) is 0 Å². The molecule has 7 heteroatoms. The van der Waals surface area contributed by atoms with E-state index in [1.807, 2.05) is 6.07 Å². The molecule has 24 heavy (non-hydrogen) atoms. The minimum absolute atomic E-state index is 0. The fourth-order valence-electron chi connectivity index (χ4n) is 1.70. The molecule has 1 rings (SSSR count). The maximum Gasteiger partial charge on any atom is 0.323 e. The number of hydrogen-bond acceptors (Lipinski definition) is 3. The van der Waals surface area contributed by atoms with E-state index in [2.05, 4.69) is 49.1 Å². The number of nitrogens with zero attached hydrogens (tertiary/aromatic N) is 2. The van der Waals surface area contributed by atoms with Gasteiger partial charge in [0.25, 0.3) is 0 Å². The second-order valence-electron chi connectivity index (χ2n) is 5.29. The first kappa shape index (κ1) is 23.7. The Hall–Kier alpha value is -2.56. The molecule has 134 valence electrons. The lowest BCUT2D eigenvalue weighted by Gasteiger charge is -2.22. The SMILES string of the molecule is C#CCN(C)[C@H](C)Cc1ccccc1.CN(CC(=O)O)C(=N)N.O. The van der Waals surface area contributed by atoms with Gasteiger partial charge in [-0.25, -0.2) is 0 Å². The van der Waals surface area contributed by atoms with E-state index in [1.54, 1.807) is 0 Å². The van der Waals surface area contributed by atoms with Crippen molar-refractivity contribution in [3.63, 3.8) is 0 Å². The van der Waals surface area contributed by atoms with Crippen molar-refractivity contribution in [2.75, 3.05) is 27.2 Å². The molecule has 0 amide bonds. The van der Waals surface area contributed by atoms with Crippen LogP contribution >= 0.6 is 0 Å². The van der Waals surface area contributed by atoms with Crippen LogP contribution in [0.5, 0.6) is 0 Å². The first-order chi connectivity index (χ1) is 10.8. The maximum absolute atomic E-state index is 9.92. The fraction of sp³-hybridized carbons (Fsp3) is 0.412. The van der Waals surface area contributed by atoms with E-state index in [4.69, 9.17) is 22.7 Å². The number of guanidine groups is 1. The van der Waals surface area contributed by atoms with Crippen molar-refractivity contribution >= 4 is 11.9 Å². The Kier molecular flexibility index (Phi) is 12.8. The van der Waals surface area contributed by atoms with Crippen molar-refractivity contribution < 1.29 is 15.4 Å². The van der Waals surface area contributed by atoms with E-state index in [-0.39, 0.29) is 18.0 Å². The van der Waals surface area contributed by atoms with Crippen LogP contribution in [0.2, 0.25) is 0 Å². The van der Waals surface area contributed by atoms with Crippen molar-refractivity contribution in [3.05, 3.63) is 35.9 Å². The van der Waals surface area contributed by atoms with Crippen molar-refractivity contribution in [2.45, 2.75) is 19.4 Å². The van der Waals surface area contributed by atoms with Crippen LogP contribution in [-0.2, 0) is 11.2 Å². The molecule has 0 unspecified atom stereocenters. The van der Waals surface area contributed by atoms with Crippen LogP contribution in [0.3, 0.4) is 0 Å². The highest BCUT2D eigenvalue weighted by molar-refractivity contribution is 5.79. The molecule has 0 aromatic heterocycles. The molecule has 0 saturated carbocycles. The van der Waals surface area contributed by atoms with E-state index < -0.39 is 5.97 Å². The highest BCUT2D eigenvalue weighted by atomic mass is 16.4. The van der Waals surface area contributed by atoms with E-state index in [1.165, 1.54) is 12.6 Å². The minimum Gasteiger partial charge on any atom is -0.480 e. The zero-order valence-corrected chi connectivity index (χ0v) is 14.5. The third-order valence-electron chi connectivity index (χ3n) is 3.25. The van der Waals surface area contributed by atoms with Gasteiger partial charge < -0.3 is 21.2 Å². The van der Waals surface area contributed by atoms with Gasteiger partial charge in [-0.2, -0.15) is 0 Å². The molecular weight excluding hydrogens is 308 g/mol. The summed E-state index contributed by atoms with van der Waals surface area (Å²) < 4.78 is 0. The number of carboxylic acid groups (broad SMARTS) is 1. The zero-order valence-electron chi connectivity index (χ0n) is 14.5. The first-order valence-corrected chi connectivity index (χ1v) is 7.22. The largest absolute Gasteiger partial charge is 0.480 e. The van der Waals surface area contributed by atoms with Gasteiger partial charge >= 0.3 is 5.97 Å². The van der Waals surface area contributed by atoms with Crippen LogP contribution in [0, 0.1) is 17.8 Å². The van der Waals surface area contributed by atoms with Gasteiger partial charge in [0.1, 0.15) is 6.54 Å². The van der Waals surface area contributed by atoms with E-state index in [9.17, 15) is 4.79 Å². The van der Waals surface area contributed by atoms with Crippen molar-refractivity contribution in [1.29, 1.82) is 5.41 Å². The Morgan fingerprint density at radius 1 is 1.38 bits per heavy atom. The molecule has 0 saturated heterocycles. The summed E-state index contributed by atoms with van der Waals surface area (Å²) in [5, 5.41) is 14.9. The number of hydrogen-bond donors (Lipinski definition) is 3. The molecule has 0 radical (unpaired) electrons. The lowest BCUT2D eigenvalue weighted by molar-refractivity contribution is -0.137. The monoisotopic (exact) mass is 336 g/mol. The Labute approximate surface area is 143 Å². The lowest BCUT2D eigenvalue weighted by atomic mass is 10.1. The molecule has 0 aliphatic carbocycles. The summed E-state index contributed by atoms with van der Waals surface area (Å²) in [5.74, 6) is 1.43. The highest BCUT2D eigenvalue weighted by Crippen LogP contribution is 2.06. The quantitative estimate of drug-likeness (QED) is 0.390. The van der Waals surface area contributed by atoms with Crippen molar-refractivity contribution in [3.8, 4) is 12.3 Å². The Balaban J connectivity index is 0. The standard InChI is InChI=1S/C13H17N.C4H9N3O2.H2O/c1-4-10-14(3)12(2)11-13-8-6-5-7-9-13;1-7(4(5)6)2-3(8)9;/h1,5-9,12H,10-11H2,2-3H3;2H2,1H3,(H3,5,6)(H,8,9);1H2/t12-;;/m1../s1. The topological polar surface area (TPSA) is 125 Å². The molecule has 6 N–H and O–H groups in total. The molecule has 0 bridgehead atoms. The normalized spacial score (nSPS) is 10.5. The van der Waals surface area contributed by atoms with E-state index >= 15 is 0 Å². The second-order valence-corrected chi connectivity index (χ2v) is 5.29. The number of carboxylic acids is 1. The summed E-state index contributed by atoms with van der Waals surface area (Å²) in [6.07, 6.45) is 6.32. The van der Waals surface area contributed by atoms with Gasteiger partial charge in [-0.3, -0.25) is 15.1 Å². The van der Waals surface area contributed by atoms with E-state index in [0.29, 0.717) is 12.6 Å². The van der Waals surface area contributed by atoms with Crippen LogP contribution in [-0.4, -0.2) is 65.5 Å². The van der Waals surface area contributed by atoms with Gasteiger partial charge in [-0.05, 0) is 26.0 Å². The first-order valence-electron chi connectivity index (χ1n) is 7.22. The molecular formula is C17H28N4O3. The van der Waals surface area contributed by atoms with Crippen LogP contribution < -0.4 is 5.73 Å². The second kappa shape index (κ2) is 12.9. The molecule has 1 atom stereocenters. The van der Waals surface area contributed by atoms with Crippen LogP contribution in [0.1, 0.15) is 12.5 Å². The number of rotatable bonds is 6. The lowest BCUT2D eigenvalue weighted by Crippen LogP contribution is -2.36. The Morgan fingerprint density at radius 3 is 2.29 bits per heavy atom. The fourth-order valence-corrected chi connectivity index (χ4v) is 1.70. The van der Waals surface area contributed by atoms with Crippen LogP contribution in [0.4, 0.5) is 0 Å². The Bertz CT molecular complexity index is 528. The highest BCUT2D eigenvalue weighted by Gasteiger charge is 2.07. The number of nitrogens with one attached hydrogen (secondary N) is 1. The molecule has 1 aromatic rings. The molecule has 0 aliphatic rings. The number of carbonyl (C=O) groups is 1. The smallest absolute Gasteiger partial charge is 0.323 e.